The minimum absolute atomic E-state index is 0.571. The number of piperidine rings is 1. The Morgan fingerprint density at radius 1 is 1.41 bits per heavy atom. The number of halogens is 2. The van der Waals surface area contributed by atoms with Crippen LogP contribution in [0.15, 0.2) is 18.2 Å². The van der Waals surface area contributed by atoms with E-state index in [2.05, 4.69) is 40.7 Å². The van der Waals surface area contributed by atoms with Gasteiger partial charge in [-0.1, -0.05) is 46.6 Å². The largest absolute Gasteiger partial charge is 0.367 e. The van der Waals surface area contributed by atoms with Crippen LogP contribution in [0.5, 0.6) is 0 Å². The molecule has 1 fully saturated rings. The Bertz CT molecular complexity index is 394. The monoisotopic (exact) mass is 315 g/mol. The van der Waals surface area contributed by atoms with Crippen LogP contribution >= 0.6 is 27.5 Å². The Hall–Kier alpha value is -0.210. The number of hydrogen-bond donors (Lipinski definition) is 0. The molecule has 3 heteroatoms. The topological polar surface area (TPSA) is 3.24 Å². The van der Waals surface area contributed by atoms with Crippen molar-refractivity contribution in [3.05, 3.63) is 28.8 Å². The normalized spacial score (nSPS) is 25.1. The average molecular weight is 317 g/mol. The molecule has 0 amide bonds. The van der Waals surface area contributed by atoms with Crippen LogP contribution in [0.3, 0.4) is 0 Å². The maximum Gasteiger partial charge on any atom is 0.0642 e. The van der Waals surface area contributed by atoms with Crippen LogP contribution in [0, 0.1) is 5.92 Å². The number of para-hydroxylation sites is 1. The highest BCUT2D eigenvalue weighted by Crippen LogP contribution is 2.36. The van der Waals surface area contributed by atoms with Crippen molar-refractivity contribution in [2.75, 3.05) is 11.4 Å². The second kappa shape index (κ2) is 5.62. The fourth-order valence-corrected chi connectivity index (χ4v) is 3.40. The second-order valence-corrected chi connectivity index (χ2v) is 5.90. The van der Waals surface area contributed by atoms with Crippen LogP contribution in [-0.4, -0.2) is 12.6 Å². The molecule has 0 spiro atoms. The van der Waals surface area contributed by atoms with Crippen LogP contribution < -0.4 is 4.90 Å². The molecular weight excluding hydrogens is 298 g/mol. The van der Waals surface area contributed by atoms with Crippen molar-refractivity contribution in [3.63, 3.8) is 0 Å². The lowest BCUT2D eigenvalue weighted by molar-refractivity contribution is 0.363. The summed E-state index contributed by atoms with van der Waals surface area (Å²) in [6.45, 7) is 5.77. The predicted molar refractivity (Wildman–Crippen MR) is 79.3 cm³/mol. The highest BCUT2D eigenvalue weighted by molar-refractivity contribution is 9.08. The number of benzene rings is 1. The maximum atomic E-state index is 6.39. The summed E-state index contributed by atoms with van der Waals surface area (Å²) in [5.41, 5.74) is 2.52. The smallest absolute Gasteiger partial charge is 0.0642 e. The van der Waals surface area contributed by atoms with E-state index in [4.69, 9.17) is 11.6 Å². The minimum Gasteiger partial charge on any atom is -0.367 e. The SMILES string of the molecule is CC1CCCN(c2c(Cl)cccc2CBr)C1C. The van der Waals surface area contributed by atoms with E-state index in [0.717, 1.165) is 22.8 Å². The number of nitrogens with zero attached hydrogens (tertiary/aromatic N) is 1. The molecule has 0 saturated carbocycles. The Morgan fingerprint density at radius 2 is 2.18 bits per heavy atom. The molecule has 0 radical (unpaired) electrons. The van der Waals surface area contributed by atoms with E-state index in [1.54, 1.807) is 0 Å². The highest BCUT2D eigenvalue weighted by Gasteiger charge is 2.27. The maximum absolute atomic E-state index is 6.39. The lowest BCUT2D eigenvalue weighted by Crippen LogP contribution is -2.43. The first-order valence-electron chi connectivity index (χ1n) is 6.25. The molecule has 2 rings (SSSR count). The summed E-state index contributed by atoms with van der Waals surface area (Å²) >= 11 is 9.95. The van der Waals surface area contributed by atoms with Crippen molar-refractivity contribution in [1.82, 2.24) is 0 Å². The molecule has 17 heavy (non-hydrogen) atoms. The van der Waals surface area contributed by atoms with Gasteiger partial charge in [0.1, 0.15) is 0 Å². The second-order valence-electron chi connectivity index (χ2n) is 4.93. The molecule has 0 aromatic heterocycles. The minimum atomic E-state index is 0.571. The lowest BCUT2D eigenvalue weighted by Gasteiger charge is -2.41. The predicted octanol–water partition coefficient (Wildman–Crippen LogP) is 4.86. The Kier molecular flexibility index (Phi) is 4.37. The van der Waals surface area contributed by atoms with Crippen molar-refractivity contribution < 1.29 is 0 Å². The van der Waals surface area contributed by atoms with E-state index in [0.29, 0.717) is 6.04 Å². The number of alkyl halides is 1. The van der Waals surface area contributed by atoms with Gasteiger partial charge in [0.05, 0.1) is 10.7 Å². The first-order chi connectivity index (χ1) is 8.15. The molecular formula is C14H19BrClN. The molecule has 1 saturated heterocycles. The molecule has 0 aliphatic carbocycles. The van der Waals surface area contributed by atoms with Crippen LogP contribution in [0.1, 0.15) is 32.3 Å². The van der Waals surface area contributed by atoms with Crippen LogP contribution in [0.25, 0.3) is 0 Å². The van der Waals surface area contributed by atoms with Crippen molar-refractivity contribution in [2.45, 2.75) is 38.1 Å². The first kappa shape index (κ1) is 13.2. The van der Waals surface area contributed by atoms with Gasteiger partial charge in [-0.2, -0.15) is 0 Å². The molecule has 2 unspecified atom stereocenters. The summed E-state index contributed by atoms with van der Waals surface area (Å²) in [7, 11) is 0. The molecule has 1 nitrogen and oxygen atoms in total. The summed E-state index contributed by atoms with van der Waals surface area (Å²) in [5.74, 6) is 0.739. The third-order valence-electron chi connectivity index (χ3n) is 3.88. The molecule has 0 N–H and O–H groups in total. The van der Waals surface area contributed by atoms with Gasteiger partial charge >= 0.3 is 0 Å². The van der Waals surface area contributed by atoms with E-state index in [9.17, 15) is 0 Å². The fourth-order valence-electron chi connectivity index (χ4n) is 2.64. The van der Waals surface area contributed by atoms with Gasteiger partial charge in [-0.3, -0.25) is 0 Å². The van der Waals surface area contributed by atoms with E-state index in [1.807, 2.05) is 12.1 Å². The van der Waals surface area contributed by atoms with Gasteiger partial charge in [0.2, 0.25) is 0 Å². The van der Waals surface area contributed by atoms with Crippen molar-refractivity contribution in [3.8, 4) is 0 Å². The van der Waals surface area contributed by atoms with Crippen LogP contribution in [-0.2, 0) is 5.33 Å². The van der Waals surface area contributed by atoms with Gasteiger partial charge in [0.15, 0.2) is 0 Å². The van der Waals surface area contributed by atoms with E-state index in [1.165, 1.54) is 24.1 Å². The zero-order valence-electron chi connectivity index (χ0n) is 10.4. The third-order valence-corrected chi connectivity index (χ3v) is 4.78. The quantitative estimate of drug-likeness (QED) is 0.704. The van der Waals surface area contributed by atoms with Crippen LogP contribution in [0.4, 0.5) is 5.69 Å². The van der Waals surface area contributed by atoms with Gasteiger partial charge in [-0.15, -0.1) is 0 Å². The van der Waals surface area contributed by atoms with Gasteiger partial charge in [-0.25, -0.2) is 0 Å². The zero-order valence-corrected chi connectivity index (χ0v) is 12.8. The lowest BCUT2D eigenvalue weighted by atomic mass is 9.91. The molecule has 1 aliphatic rings. The number of anilines is 1. The molecule has 1 aliphatic heterocycles. The Labute approximate surface area is 117 Å². The van der Waals surface area contributed by atoms with Crippen LogP contribution in [0.2, 0.25) is 5.02 Å². The van der Waals surface area contributed by atoms with Crippen molar-refractivity contribution >= 4 is 33.2 Å². The Morgan fingerprint density at radius 3 is 2.88 bits per heavy atom. The summed E-state index contributed by atoms with van der Waals surface area (Å²) < 4.78 is 0. The van der Waals surface area contributed by atoms with Crippen molar-refractivity contribution in [2.24, 2.45) is 5.92 Å². The van der Waals surface area contributed by atoms with E-state index >= 15 is 0 Å². The summed E-state index contributed by atoms with van der Waals surface area (Å²) in [6, 6.07) is 6.75. The molecule has 1 heterocycles. The first-order valence-corrected chi connectivity index (χ1v) is 7.75. The Balaban J connectivity index is 2.38. The highest BCUT2D eigenvalue weighted by atomic mass is 79.9. The number of hydrogen-bond acceptors (Lipinski definition) is 1. The van der Waals surface area contributed by atoms with Gasteiger partial charge in [0, 0.05) is 17.9 Å². The van der Waals surface area contributed by atoms with Gasteiger partial charge < -0.3 is 4.90 Å². The number of rotatable bonds is 2. The summed E-state index contributed by atoms with van der Waals surface area (Å²) in [6.07, 6.45) is 2.59. The molecule has 0 bridgehead atoms. The average Bonchev–Trinajstić information content (AvgIpc) is 2.33. The molecule has 1 aromatic carbocycles. The third kappa shape index (κ3) is 2.63. The molecule has 1 aromatic rings. The van der Waals surface area contributed by atoms with Crippen molar-refractivity contribution in [1.29, 1.82) is 0 Å². The van der Waals surface area contributed by atoms with E-state index in [-0.39, 0.29) is 0 Å². The van der Waals surface area contributed by atoms with E-state index < -0.39 is 0 Å². The van der Waals surface area contributed by atoms with Gasteiger partial charge in [0.25, 0.3) is 0 Å². The van der Waals surface area contributed by atoms with Gasteiger partial charge in [-0.05, 0) is 37.3 Å². The summed E-state index contributed by atoms with van der Waals surface area (Å²) in [4.78, 5) is 2.48. The zero-order chi connectivity index (χ0) is 12.4. The molecule has 94 valence electrons. The standard InChI is InChI=1S/C14H19BrClN/c1-10-5-4-8-17(11(10)2)14-12(9-15)6-3-7-13(14)16/h3,6-7,10-11H,4-5,8-9H2,1-2H3. The molecule has 2 atom stereocenters. The fraction of sp³-hybridized carbons (Fsp3) is 0.571. The summed E-state index contributed by atoms with van der Waals surface area (Å²) in [5, 5.41) is 1.74.